The Hall–Kier alpha value is -3.41. The van der Waals surface area contributed by atoms with Gasteiger partial charge in [-0.05, 0) is 32.9 Å². The minimum atomic E-state index is -3.27. The molecule has 1 aliphatic heterocycles. The summed E-state index contributed by atoms with van der Waals surface area (Å²) >= 11 is 0. The van der Waals surface area contributed by atoms with Gasteiger partial charge in [-0.2, -0.15) is 13.8 Å². The largest absolute Gasteiger partial charge is 0.474 e. The maximum atomic E-state index is 14.3. The van der Waals surface area contributed by atoms with E-state index in [0.29, 0.717) is 29.1 Å². The van der Waals surface area contributed by atoms with Crippen LogP contribution in [0.2, 0.25) is 0 Å². The highest BCUT2D eigenvalue weighted by molar-refractivity contribution is 5.95. The zero-order chi connectivity index (χ0) is 25.8. The van der Waals surface area contributed by atoms with Crippen molar-refractivity contribution in [2.45, 2.75) is 51.7 Å². The van der Waals surface area contributed by atoms with Gasteiger partial charge in [0.2, 0.25) is 17.6 Å². The summed E-state index contributed by atoms with van der Waals surface area (Å²) in [7, 11) is 4.11. The molecule has 0 aromatic carbocycles. The van der Waals surface area contributed by atoms with E-state index in [1.807, 2.05) is 0 Å². The normalized spacial score (nSPS) is 20.4. The van der Waals surface area contributed by atoms with E-state index in [4.69, 9.17) is 9.84 Å². The number of likely N-dealkylation sites (N-methyl/N-ethyl adjacent to an activating group) is 1. The molecular weight excluding hydrogens is 470 g/mol. The number of fused-ring (bicyclic) bond motifs is 1. The first-order valence-electron chi connectivity index (χ1n) is 12.0. The van der Waals surface area contributed by atoms with Crippen molar-refractivity contribution in [2.75, 3.05) is 37.4 Å². The third-order valence-electron chi connectivity index (χ3n) is 6.50. The van der Waals surface area contributed by atoms with Crippen LogP contribution in [0.15, 0.2) is 18.3 Å². The molecule has 0 radical (unpaired) electrons. The summed E-state index contributed by atoms with van der Waals surface area (Å²) in [6.45, 7) is 5.87. The van der Waals surface area contributed by atoms with Crippen molar-refractivity contribution < 1.29 is 18.3 Å². The molecule has 1 amide bonds. The number of amides is 1. The highest BCUT2D eigenvalue weighted by atomic mass is 19.3. The van der Waals surface area contributed by atoms with Gasteiger partial charge in [0, 0.05) is 51.3 Å². The first-order chi connectivity index (χ1) is 17.0. The highest BCUT2D eigenvalue weighted by Gasteiger charge is 2.35. The first-order valence-corrected chi connectivity index (χ1v) is 12.0. The quantitative estimate of drug-likeness (QED) is 0.528. The minimum Gasteiger partial charge on any atom is -0.474 e. The number of carbonyl (C=O) groups excluding carboxylic acids is 1. The number of halogens is 2. The van der Waals surface area contributed by atoms with E-state index >= 15 is 0 Å². The zero-order valence-corrected chi connectivity index (χ0v) is 21.0. The van der Waals surface area contributed by atoms with Crippen LogP contribution in [0.25, 0.3) is 16.7 Å². The molecular formula is C24H30F2N8O2. The SMILES string of the molecule is CC(=O)Nc1cc2c(cn1)c(N1C[C@@H](N(C)C)[C@@H](C)C1)nn2-c1cc(OC2CC2)nc(C(C)(F)F)n1. The summed E-state index contributed by atoms with van der Waals surface area (Å²) in [5, 5.41) is 8.23. The lowest BCUT2D eigenvalue weighted by atomic mass is 10.1. The molecule has 2 fully saturated rings. The number of carbonyl (C=O) groups is 1. The third kappa shape index (κ3) is 4.81. The van der Waals surface area contributed by atoms with Gasteiger partial charge in [0.05, 0.1) is 10.9 Å². The number of pyridine rings is 1. The van der Waals surface area contributed by atoms with E-state index in [1.165, 1.54) is 17.7 Å². The van der Waals surface area contributed by atoms with Crippen LogP contribution in [0, 0.1) is 5.92 Å². The average Bonchev–Trinajstić information content (AvgIpc) is 3.39. The predicted molar refractivity (Wildman–Crippen MR) is 131 cm³/mol. The summed E-state index contributed by atoms with van der Waals surface area (Å²) in [6, 6.07) is 3.53. The van der Waals surface area contributed by atoms with E-state index in [-0.39, 0.29) is 23.7 Å². The van der Waals surface area contributed by atoms with Gasteiger partial charge < -0.3 is 19.9 Å². The molecule has 36 heavy (non-hydrogen) atoms. The molecule has 0 bridgehead atoms. The Balaban J connectivity index is 1.66. The van der Waals surface area contributed by atoms with Gasteiger partial charge in [-0.3, -0.25) is 4.79 Å². The Labute approximate surface area is 207 Å². The Morgan fingerprint density at radius 1 is 1.22 bits per heavy atom. The smallest absolute Gasteiger partial charge is 0.304 e. The summed E-state index contributed by atoms with van der Waals surface area (Å²) in [5.41, 5.74) is 0.575. The van der Waals surface area contributed by atoms with E-state index in [0.717, 1.165) is 38.2 Å². The number of ether oxygens (including phenoxy) is 1. The molecule has 1 saturated heterocycles. The molecule has 0 unspecified atom stereocenters. The van der Waals surface area contributed by atoms with Crippen molar-refractivity contribution in [1.82, 2.24) is 29.6 Å². The van der Waals surface area contributed by atoms with Crippen LogP contribution in [0.3, 0.4) is 0 Å². The van der Waals surface area contributed by atoms with Crippen LogP contribution < -0.4 is 15.0 Å². The molecule has 1 saturated carbocycles. The molecule has 0 spiro atoms. The minimum absolute atomic E-state index is 0.0272. The van der Waals surface area contributed by atoms with Gasteiger partial charge in [-0.25, -0.2) is 14.6 Å². The maximum absolute atomic E-state index is 14.3. The number of hydrogen-bond acceptors (Lipinski definition) is 8. The number of nitrogens with zero attached hydrogens (tertiary/aromatic N) is 7. The summed E-state index contributed by atoms with van der Waals surface area (Å²) in [5.74, 6) is -2.54. The summed E-state index contributed by atoms with van der Waals surface area (Å²) in [4.78, 5) is 28.5. The second kappa shape index (κ2) is 8.91. The Kier molecular flexibility index (Phi) is 6.01. The van der Waals surface area contributed by atoms with Crippen molar-refractivity contribution in [1.29, 1.82) is 0 Å². The van der Waals surface area contributed by atoms with Crippen molar-refractivity contribution in [3.05, 3.63) is 24.2 Å². The predicted octanol–water partition coefficient (Wildman–Crippen LogP) is 3.21. The fourth-order valence-electron chi connectivity index (χ4n) is 4.58. The third-order valence-corrected chi connectivity index (χ3v) is 6.50. The summed E-state index contributed by atoms with van der Waals surface area (Å²) in [6.07, 6.45) is 3.34. The number of rotatable bonds is 7. The average molecular weight is 501 g/mol. The topological polar surface area (TPSA) is 101 Å². The first kappa shape index (κ1) is 24.3. The molecule has 5 rings (SSSR count). The lowest BCUT2D eigenvalue weighted by molar-refractivity contribution is -0.114. The molecule has 2 atom stereocenters. The maximum Gasteiger partial charge on any atom is 0.304 e. The Morgan fingerprint density at radius 3 is 2.58 bits per heavy atom. The molecule has 4 heterocycles. The van der Waals surface area contributed by atoms with Gasteiger partial charge >= 0.3 is 5.92 Å². The van der Waals surface area contributed by atoms with Crippen LogP contribution in [0.4, 0.5) is 20.4 Å². The molecule has 2 aliphatic rings. The van der Waals surface area contributed by atoms with Gasteiger partial charge in [0.1, 0.15) is 11.9 Å². The van der Waals surface area contributed by atoms with Crippen molar-refractivity contribution >= 4 is 28.4 Å². The molecule has 192 valence electrons. The van der Waals surface area contributed by atoms with E-state index in [1.54, 1.807) is 12.3 Å². The number of nitrogens with one attached hydrogen (secondary N) is 1. The van der Waals surface area contributed by atoms with Crippen LogP contribution in [0.5, 0.6) is 5.88 Å². The number of hydrogen-bond donors (Lipinski definition) is 1. The van der Waals surface area contributed by atoms with Gasteiger partial charge in [0.25, 0.3) is 0 Å². The fraction of sp³-hybridized carbons (Fsp3) is 0.542. The molecule has 12 heteroatoms. The van der Waals surface area contributed by atoms with Crippen molar-refractivity contribution in [3.63, 3.8) is 0 Å². The highest BCUT2D eigenvalue weighted by Crippen LogP contribution is 2.35. The second-order valence-corrected chi connectivity index (χ2v) is 10.0. The van der Waals surface area contributed by atoms with Crippen LogP contribution in [0.1, 0.15) is 39.4 Å². The molecule has 3 aromatic heterocycles. The number of anilines is 2. The van der Waals surface area contributed by atoms with E-state index < -0.39 is 11.7 Å². The number of alkyl halides is 2. The Morgan fingerprint density at radius 2 is 1.97 bits per heavy atom. The molecule has 1 N–H and O–H groups in total. The zero-order valence-electron chi connectivity index (χ0n) is 21.0. The van der Waals surface area contributed by atoms with Gasteiger partial charge in [-0.15, -0.1) is 5.10 Å². The van der Waals surface area contributed by atoms with Crippen molar-refractivity contribution in [2.24, 2.45) is 5.92 Å². The fourth-order valence-corrected chi connectivity index (χ4v) is 4.58. The standard InChI is InChI=1S/C24H30F2N8O2/c1-13-11-33(12-18(13)32(4)5)22-16-10-27-19(28-14(2)35)8-17(16)34(31-22)20-9-21(36-15-6-7-15)30-23(29-20)24(3,25)26/h8-10,13,15,18H,6-7,11-12H2,1-5H3,(H,27,28,35)/t13-,18+/m0/s1. The number of aromatic nitrogens is 5. The summed E-state index contributed by atoms with van der Waals surface area (Å²) < 4.78 is 35.9. The van der Waals surface area contributed by atoms with Crippen LogP contribution >= 0.6 is 0 Å². The van der Waals surface area contributed by atoms with Crippen LogP contribution in [-0.4, -0.2) is 74.9 Å². The second-order valence-electron chi connectivity index (χ2n) is 10.0. The van der Waals surface area contributed by atoms with E-state index in [9.17, 15) is 13.6 Å². The molecule has 1 aliphatic carbocycles. The van der Waals surface area contributed by atoms with E-state index in [2.05, 4.69) is 51.1 Å². The van der Waals surface area contributed by atoms with Crippen LogP contribution in [-0.2, 0) is 10.7 Å². The van der Waals surface area contributed by atoms with Gasteiger partial charge in [-0.1, -0.05) is 6.92 Å². The lowest BCUT2D eigenvalue weighted by Gasteiger charge is -2.22. The van der Waals surface area contributed by atoms with Gasteiger partial charge in [0.15, 0.2) is 11.6 Å². The lowest BCUT2D eigenvalue weighted by Crippen LogP contribution is -2.34. The molecule has 3 aromatic rings. The monoisotopic (exact) mass is 500 g/mol. The Bertz CT molecular complexity index is 1300. The van der Waals surface area contributed by atoms with Crippen molar-refractivity contribution in [3.8, 4) is 11.7 Å². The molecule has 10 nitrogen and oxygen atoms in total.